The zero-order valence-electron chi connectivity index (χ0n) is 8.41. The van der Waals surface area contributed by atoms with E-state index in [1.807, 2.05) is 18.2 Å². The molecule has 1 heterocycles. The Bertz CT molecular complexity index is 437. The Morgan fingerprint density at radius 1 is 1.19 bits per heavy atom. The van der Waals surface area contributed by atoms with Gasteiger partial charge in [-0.1, -0.05) is 65.3 Å². The smallest absolute Gasteiger partial charge is 0.168 e. The number of thioether (sulfide) groups is 1. The van der Waals surface area contributed by atoms with Crippen LogP contribution in [0, 0.1) is 0 Å². The molecule has 0 amide bonds. The second-order valence-corrected chi connectivity index (χ2v) is 5.05. The van der Waals surface area contributed by atoms with Crippen molar-refractivity contribution in [2.45, 2.75) is 11.6 Å². The highest BCUT2D eigenvalue weighted by Gasteiger charge is 2.05. The summed E-state index contributed by atoms with van der Waals surface area (Å²) in [5.74, 6) is 0.949. The molecule has 0 saturated heterocycles. The molecule has 0 spiro atoms. The van der Waals surface area contributed by atoms with Gasteiger partial charge < -0.3 is 4.98 Å². The molecule has 0 aliphatic rings. The Hall–Kier alpha value is -0.640. The lowest BCUT2D eigenvalue weighted by Crippen LogP contribution is -1.88. The summed E-state index contributed by atoms with van der Waals surface area (Å²) in [5, 5.41) is 1.51. The van der Waals surface area contributed by atoms with E-state index >= 15 is 0 Å². The zero-order valence-corrected chi connectivity index (χ0v) is 10.7. The highest BCUT2D eigenvalue weighted by atomic mass is 35.5. The maximum atomic E-state index is 5.76. The van der Waals surface area contributed by atoms with Crippen molar-refractivity contribution in [2.75, 3.05) is 5.75 Å². The molecule has 2 aromatic rings. The van der Waals surface area contributed by atoms with Crippen LogP contribution < -0.4 is 0 Å². The van der Waals surface area contributed by atoms with Crippen LogP contribution >= 0.6 is 35.0 Å². The van der Waals surface area contributed by atoms with E-state index in [1.54, 1.807) is 11.8 Å². The summed E-state index contributed by atoms with van der Waals surface area (Å²) in [4.78, 5) is 7.00. The predicted octanol–water partition coefficient (Wildman–Crippen LogP) is 4.05. The van der Waals surface area contributed by atoms with Gasteiger partial charge in [-0.15, -0.1) is 0 Å². The van der Waals surface area contributed by atoms with Crippen LogP contribution in [0.15, 0.2) is 35.5 Å². The Balaban J connectivity index is 1.84. The first kappa shape index (κ1) is 11.8. The van der Waals surface area contributed by atoms with Crippen LogP contribution in [0.4, 0.5) is 0 Å². The molecule has 16 heavy (non-hydrogen) atoms. The maximum absolute atomic E-state index is 5.76. The van der Waals surface area contributed by atoms with E-state index in [0.717, 1.165) is 17.3 Å². The molecule has 1 aromatic carbocycles. The minimum atomic E-state index is 0.337. The number of imidazole rings is 1. The average Bonchev–Trinajstić information content (AvgIpc) is 2.60. The minimum Gasteiger partial charge on any atom is -0.323 e. The van der Waals surface area contributed by atoms with E-state index in [9.17, 15) is 0 Å². The first-order chi connectivity index (χ1) is 7.75. The number of aromatic amines is 1. The van der Waals surface area contributed by atoms with Gasteiger partial charge in [-0.05, 0) is 12.0 Å². The fraction of sp³-hybridized carbons (Fsp3) is 0.182. The van der Waals surface area contributed by atoms with E-state index in [0.29, 0.717) is 10.3 Å². The normalized spacial score (nSPS) is 10.6. The summed E-state index contributed by atoms with van der Waals surface area (Å²) in [6.45, 7) is 0. The average molecular weight is 273 g/mol. The second kappa shape index (κ2) is 5.62. The molecule has 84 valence electrons. The molecule has 0 bridgehead atoms. The predicted molar refractivity (Wildman–Crippen MR) is 69.5 cm³/mol. The standard InChI is InChI=1S/C11H10Cl2N2S/c12-9-10(13)15-11(14-9)16-7-6-8-4-2-1-3-5-8/h1-5H,6-7H2,(H,14,15). The van der Waals surface area contributed by atoms with Gasteiger partial charge in [0.15, 0.2) is 10.3 Å². The van der Waals surface area contributed by atoms with Gasteiger partial charge in [-0.25, -0.2) is 4.98 Å². The molecule has 0 radical (unpaired) electrons. The number of aromatic nitrogens is 2. The lowest BCUT2D eigenvalue weighted by atomic mass is 10.2. The van der Waals surface area contributed by atoms with Crippen LogP contribution in [0.1, 0.15) is 5.56 Å². The van der Waals surface area contributed by atoms with Crippen molar-refractivity contribution >= 4 is 35.0 Å². The third-order valence-corrected chi connectivity index (χ3v) is 3.59. The fourth-order valence-electron chi connectivity index (χ4n) is 1.29. The van der Waals surface area contributed by atoms with E-state index in [-0.39, 0.29) is 0 Å². The molecule has 0 unspecified atom stereocenters. The summed E-state index contributed by atoms with van der Waals surface area (Å²) in [5.41, 5.74) is 1.32. The van der Waals surface area contributed by atoms with Crippen molar-refractivity contribution in [1.82, 2.24) is 9.97 Å². The fourth-order valence-corrected chi connectivity index (χ4v) is 2.52. The van der Waals surface area contributed by atoms with E-state index in [4.69, 9.17) is 23.2 Å². The second-order valence-electron chi connectivity index (χ2n) is 3.23. The van der Waals surface area contributed by atoms with Crippen LogP contribution in [0.2, 0.25) is 10.3 Å². The molecule has 5 heteroatoms. The highest BCUT2D eigenvalue weighted by molar-refractivity contribution is 7.99. The Morgan fingerprint density at radius 3 is 2.56 bits per heavy atom. The molecule has 1 aromatic heterocycles. The lowest BCUT2D eigenvalue weighted by molar-refractivity contribution is 1.05. The molecular formula is C11H10Cl2N2S. The third kappa shape index (κ3) is 3.17. The molecule has 0 fully saturated rings. The lowest BCUT2D eigenvalue weighted by Gasteiger charge is -1.98. The maximum Gasteiger partial charge on any atom is 0.168 e. The molecule has 0 aliphatic heterocycles. The number of aryl methyl sites for hydroxylation is 1. The van der Waals surface area contributed by atoms with Crippen LogP contribution in [-0.4, -0.2) is 15.7 Å². The minimum absolute atomic E-state index is 0.337. The quantitative estimate of drug-likeness (QED) is 0.851. The Morgan fingerprint density at radius 2 is 1.94 bits per heavy atom. The summed E-state index contributed by atoms with van der Waals surface area (Å²) in [7, 11) is 0. The van der Waals surface area contributed by atoms with Crippen LogP contribution in [-0.2, 0) is 6.42 Å². The van der Waals surface area contributed by atoms with Crippen LogP contribution in [0.25, 0.3) is 0 Å². The number of hydrogen-bond donors (Lipinski definition) is 1. The SMILES string of the molecule is Clc1nc(SCCc2ccccc2)[nH]c1Cl. The van der Waals surface area contributed by atoms with Crippen LogP contribution in [0.3, 0.4) is 0 Å². The van der Waals surface area contributed by atoms with Gasteiger partial charge in [0, 0.05) is 5.75 Å². The number of rotatable bonds is 4. The number of hydrogen-bond acceptors (Lipinski definition) is 2. The molecule has 2 nitrogen and oxygen atoms in total. The van der Waals surface area contributed by atoms with E-state index < -0.39 is 0 Å². The molecular weight excluding hydrogens is 263 g/mol. The first-order valence-corrected chi connectivity index (χ1v) is 6.57. The van der Waals surface area contributed by atoms with Crippen molar-refractivity contribution < 1.29 is 0 Å². The number of halogens is 2. The van der Waals surface area contributed by atoms with Crippen molar-refractivity contribution in [3.8, 4) is 0 Å². The molecule has 2 rings (SSSR count). The van der Waals surface area contributed by atoms with Crippen molar-refractivity contribution in [2.24, 2.45) is 0 Å². The van der Waals surface area contributed by atoms with Crippen molar-refractivity contribution in [1.29, 1.82) is 0 Å². The highest BCUT2D eigenvalue weighted by Crippen LogP contribution is 2.24. The van der Waals surface area contributed by atoms with Crippen molar-refractivity contribution in [3.63, 3.8) is 0 Å². The topological polar surface area (TPSA) is 28.7 Å². The molecule has 0 saturated carbocycles. The van der Waals surface area contributed by atoms with Gasteiger partial charge in [0.2, 0.25) is 0 Å². The number of nitrogens with zero attached hydrogens (tertiary/aromatic N) is 1. The summed E-state index contributed by atoms with van der Waals surface area (Å²) in [6.07, 6.45) is 1.00. The summed E-state index contributed by atoms with van der Waals surface area (Å²) in [6, 6.07) is 10.3. The van der Waals surface area contributed by atoms with Gasteiger partial charge in [0.25, 0.3) is 0 Å². The monoisotopic (exact) mass is 272 g/mol. The summed E-state index contributed by atoms with van der Waals surface area (Å²) < 4.78 is 0. The van der Waals surface area contributed by atoms with Gasteiger partial charge >= 0.3 is 0 Å². The number of H-pyrrole nitrogens is 1. The van der Waals surface area contributed by atoms with E-state index in [2.05, 4.69) is 22.1 Å². The Labute approximate surface area is 108 Å². The van der Waals surface area contributed by atoms with Gasteiger partial charge in [0.05, 0.1) is 0 Å². The molecule has 1 N–H and O–H groups in total. The van der Waals surface area contributed by atoms with Gasteiger partial charge in [0.1, 0.15) is 5.15 Å². The van der Waals surface area contributed by atoms with E-state index in [1.165, 1.54) is 5.56 Å². The van der Waals surface area contributed by atoms with Crippen LogP contribution in [0.5, 0.6) is 0 Å². The number of benzene rings is 1. The van der Waals surface area contributed by atoms with Crippen molar-refractivity contribution in [3.05, 3.63) is 46.2 Å². The first-order valence-electron chi connectivity index (χ1n) is 4.83. The largest absolute Gasteiger partial charge is 0.323 e. The van der Waals surface area contributed by atoms with Gasteiger partial charge in [-0.2, -0.15) is 0 Å². The zero-order chi connectivity index (χ0) is 11.4. The number of nitrogens with one attached hydrogen (secondary N) is 1. The van der Waals surface area contributed by atoms with Gasteiger partial charge in [-0.3, -0.25) is 0 Å². The Kier molecular flexibility index (Phi) is 4.16. The third-order valence-electron chi connectivity index (χ3n) is 2.07. The summed E-state index contributed by atoms with van der Waals surface area (Å²) >= 11 is 13.1. The molecule has 0 atom stereocenters. The molecule has 0 aliphatic carbocycles.